The first kappa shape index (κ1) is 14.9. The van der Waals surface area contributed by atoms with Gasteiger partial charge in [0, 0.05) is 24.2 Å². The van der Waals surface area contributed by atoms with Crippen LogP contribution >= 0.6 is 0 Å². The van der Waals surface area contributed by atoms with Crippen LogP contribution in [0.4, 0.5) is 4.39 Å². The Morgan fingerprint density at radius 3 is 2.75 bits per heavy atom. The van der Waals surface area contributed by atoms with E-state index in [2.05, 4.69) is 10.3 Å². The fourth-order valence-corrected chi connectivity index (χ4v) is 2.88. The highest BCUT2D eigenvalue weighted by molar-refractivity contribution is 5.77. The van der Waals surface area contributed by atoms with E-state index in [9.17, 15) is 9.18 Å². The van der Waals surface area contributed by atoms with Gasteiger partial charge in [-0.05, 0) is 55.7 Å². The standard InChI is InChI=1S/C19H18FN3O/c20-14-6-4-13(5-7-14)19-16(10-11-18(24)21-15-8-9-15)23-12-2-1-3-17(23)22-19/h1-7,12,15H,8-11H2,(H,21,24). The van der Waals surface area contributed by atoms with Crippen LogP contribution in [0, 0.1) is 5.82 Å². The molecule has 1 fully saturated rings. The number of nitrogens with one attached hydrogen (secondary N) is 1. The van der Waals surface area contributed by atoms with Gasteiger partial charge < -0.3 is 9.72 Å². The first-order valence-electron chi connectivity index (χ1n) is 8.22. The van der Waals surface area contributed by atoms with Crippen molar-refractivity contribution >= 4 is 11.6 Å². The highest BCUT2D eigenvalue weighted by Crippen LogP contribution is 2.26. The van der Waals surface area contributed by atoms with Gasteiger partial charge in [-0.1, -0.05) is 6.07 Å². The summed E-state index contributed by atoms with van der Waals surface area (Å²) in [6.45, 7) is 0. The van der Waals surface area contributed by atoms with Crippen LogP contribution in [0.25, 0.3) is 16.9 Å². The normalized spacial score (nSPS) is 14.0. The Bertz CT molecular complexity index is 881. The third kappa shape index (κ3) is 3.02. The van der Waals surface area contributed by atoms with Crippen molar-refractivity contribution in [1.82, 2.24) is 14.7 Å². The zero-order chi connectivity index (χ0) is 16.5. The summed E-state index contributed by atoms with van der Waals surface area (Å²) in [4.78, 5) is 16.7. The molecule has 0 bridgehead atoms. The van der Waals surface area contributed by atoms with E-state index in [1.165, 1.54) is 12.1 Å². The summed E-state index contributed by atoms with van der Waals surface area (Å²) in [5.74, 6) is -0.193. The Morgan fingerprint density at radius 2 is 2.00 bits per heavy atom. The van der Waals surface area contributed by atoms with Crippen LogP contribution in [0.2, 0.25) is 0 Å². The molecule has 1 saturated carbocycles. The molecule has 4 nitrogen and oxygen atoms in total. The highest BCUT2D eigenvalue weighted by Gasteiger charge is 2.23. The lowest BCUT2D eigenvalue weighted by atomic mass is 10.1. The molecule has 122 valence electrons. The van der Waals surface area contributed by atoms with E-state index in [-0.39, 0.29) is 11.7 Å². The van der Waals surface area contributed by atoms with Crippen LogP contribution in [-0.2, 0) is 11.2 Å². The van der Waals surface area contributed by atoms with Gasteiger partial charge >= 0.3 is 0 Å². The van der Waals surface area contributed by atoms with Crippen molar-refractivity contribution in [1.29, 1.82) is 0 Å². The molecule has 0 spiro atoms. The van der Waals surface area contributed by atoms with E-state index < -0.39 is 0 Å². The predicted molar refractivity (Wildman–Crippen MR) is 90.1 cm³/mol. The topological polar surface area (TPSA) is 46.4 Å². The SMILES string of the molecule is O=C(CCc1c(-c2ccc(F)cc2)nc2ccccn12)NC1CC1. The fraction of sp³-hybridized carbons (Fsp3) is 0.263. The molecule has 1 aromatic carbocycles. The maximum absolute atomic E-state index is 13.2. The maximum Gasteiger partial charge on any atom is 0.220 e. The molecule has 1 amide bonds. The second-order valence-corrected chi connectivity index (χ2v) is 6.18. The Morgan fingerprint density at radius 1 is 1.21 bits per heavy atom. The molecule has 24 heavy (non-hydrogen) atoms. The lowest BCUT2D eigenvalue weighted by Crippen LogP contribution is -2.25. The van der Waals surface area contributed by atoms with Crippen LogP contribution in [0.5, 0.6) is 0 Å². The van der Waals surface area contributed by atoms with Gasteiger partial charge in [0.2, 0.25) is 5.91 Å². The highest BCUT2D eigenvalue weighted by atomic mass is 19.1. The van der Waals surface area contributed by atoms with Crippen LogP contribution in [0.15, 0.2) is 48.7 Å². The number of aromatic nitrogens is 2. The zero-order valence-electron chi connectivity index (χ0n) is 13.2. The predicted octanol–water partition coefficient (Wildman–Crippen LogP) is 3.35. The number of halogens is 1. The Hall–Kier alpha value is -2.69. The molecule has 0 radical (unpaired) electrons. The van der Waals surface area contributed by atoms with Gasteiger partial charge in [0.1, 0.15) is 11.5 Å². The molecule has 2 heterocycles. The number of imidazole rings is 1. The number of rotatable bonds is 5. The second kappa shape index (κ2) is 6.07. The zero-order valence-corrected chi connectivity index (χ0v) is 13.2. The minimum atomic E-state index is -0.270. The molecule has 3 aromatic rings. The first-order valence-corrected chi connectivity index (χ1v) is 8.22. The van der Waals surface area contributed by atoms with Gasteiger partial charge in [-0.3, -0.25) is 4.79 Å². The maximum atomic E-state index is 13.2. The number of pyridine rings is 1. The molecular formula is C19H18FN3O. The Balaban J connectivity index is 1.67. The summed E-state index contributed by atoms with van der Waals surface area (Å²) in [6.07, 6.45) is 5.14. The average Bonchev–Trinajstić information content (AvgIpc) is 3.32. The lowest BCUT2D eigenvalue weighted by molar-refractivity contribution is -0.121. The number of hydrogen-bond acceptors (Lipinski definition) is 2. The molecule has 2 aromatic heterocycles. The summed E-state index contributed by atoms with van der Waals surface area (Å²) in [5, 5.41) is 3.01. The smallest absolute Gasteiger partial charge is 0.220 e. The second-order valence-electron chi connectivity index (χ2n) is 6.18. The van der Waals surface area contributed by atoms with Gasteiger partial charge in [-0.2, -0.15) is 0 Å². The molecule has 0 atom stereocenters. The van der Waals surface area contributed by atoms with E-state index >= 15 is 0 Å². The van der Waals surface area contributed by atoms with Crippen LogP contribution in [0.3, 0.4) is 0 Å². The van der Waals surface area contributed by atoms with E-state index in [1.807, 2.05) is 28.8 Å². The van der Waals surface area contributed by atoms with Crippen molar-refractivity contribution < 1.29 is 9.18 Å². The monoisotopic (exact) mass is 323 g/mol. The molecule has 0 aliphatic heterocycles. The molecule has 1 N–H and O–H groups in total. The lowest BCUT2D eigenvalue weighted by Gasteiger charge is -2.06. The van der Waals surface area contributed by atoms with Crippen molar-refractivity contribution in [2.45, 2.75) is 31.7 Å². The number of benzene rings is 1. The van der Waals surface area contributed by atoms with Crippen molar-refractivity contribution in [3.63, 3.8) is 0 Å². The number of carbonyl (C=O) groups excluding carboxylic acids is 1. The van der Waals surface area contributed by atoms with E-state index in [0.717, 1.165) is 35.4 Å². The summed E-state index contributed by atoms with van der Waals surface area (Å²) < 4.78 is 15.2. The van der Waals surface area contributed by atoms with Crippen molar-refractivity contribution in [2.75, 3.05) is 0 Å². The van der Waals surface area contributed by atoms with Crippen LogP contribution in [0.1, 0.15) is 25.0 Å². The van der Waals surface area contributed by atoms with Gasteiger partial charge in [0.15, 0.2) is 0 Å². The van der Waals surface area contributed by atoms with Gasteiger partial charge in [0.25, 0.3) is 0 Å². The van der Waals surface area contributed by atoms with E-state index in [0.29, 0.717) is 18.9 Å². The molecule has 0 unspecified atom stereocenters. The molecular weight excluding hydrogens is 305 g/mol. The Kier molecular flexibility index (Phi) is 3.76. The third-order valence-electron chi connectivity index (χ3n) is 4.28. The summed E-state index contributed by atoms with van der Waals surface area (Å²) in [5.41, 5.74) is 3.47. The molecule has 1 aliphatic rings. The molecule has 0 saturated heterocycles. The minimum absolute atomic E-state index is 0.0773. The average molecular weight is 323 g/mol. The summed E-state index contributed by atoms with van der Waals surface area (Å²) >= 11 is 0. The first-order chi connectivity index (χ1) is 11.7. The minimum Gasteiger partial charge on any atom is -0.353 e. The van der Waals surface area contributed by atoms with Crippen molar-refractivity contribution in [3.8, 4) is 11.3 Å². The van der Waals surface area contributed by atoms with Crippen molar-refractivity contribution in [2.24, 2.45) is 0 Å². The van der Waals surface area contributed by atoms with E-state index in [1.54, 1.807) is 12.1 Å². The van der Waals surface area contributed by atoms with Crippen LogP contribution < -0.4 is 5.32 Å². The molecule has 5 heteroatoms. The number of hydrogen-bond donors (Lipinski definition) is 1. The van der Waals surface area contributed by atoms with Gasteiger partial charge in [-0.25, -0.2) is 9.37 Å². The number of amides is 1. The number of aryl methyl sites for hydroxylation is 1. The van der Waals surface area contributed by atoms with Gasteiger partial charge in [0.05, 0.1) is 11.4 Å². The number of nitrogens with zero attached hydrogens (tertiary/aromatic N) is 2. The molecule has 1 aliphatic carbocycles. The quantitative estimate of drug-likeness (QED) is 0.783. The summed E-state index contributed by atoms with van der Waals surface area (Å²) in [6, 6.07) is 12.5. The van der Waals surface area contributed by atoms with E-state index in [4.69, 9.17) is 0 Å². The van der Waals surface area contributed by atoms with Crippen molar-refractivity contribution in [3.05, 3.63) is 60.2 Å². The Labute approximate surface area is 139 Å². The third-order valence-corrected chi connectivity index (χ3v) is 4.28. The number of carbonyl (C=O) groups is 1. The summed E-state index contributed by atoms with van der Waals surface area (Å²) in [7, 11) is 0. The van der Waals surface area contributed by atoms with Gasteiger partial charge in [-0.15, -0.1) is 0 Å². The fourth-order valence-electron chi connectivity index (χ4n) is 2.88. The molecule has 4 rings (SSSR count). The largest absolute Gasteiger partial charge is 0.353 e. The van der Waals surface area contributed by atoms with Crippen LogP contribution in [-0.4, -0.2) is 21.3 Å². The number of fused-ring (bicyclic) bond motifs is 1.